The fraction of sp³-hybridized carbons (Fsp3) is 0.625. The maximum absolute atomic E-state index is 10.8. The summed E-state index contributed by atoms with van der Waals surface area (Å²) in [6.45, 7) is 6.20. The molecule has 1 fully saturated rings. The van der Waals surface area contributed by atoms with Crippen LogP contribution < -0.4 is 0 Å². The number of fused-ring (bicyclic) bond motifs is 1. The van der Waals surface area contributed by atoms with Gasteiger partial charge in [0.25, 0.3) is 0 Å². The zero-order valence-electron chi connectivity index (χ0n) is 11.5. The van der Waals surface area contributed by atoms with Crippen LogP contribution in [0.4, 0.5) is 0 Å². The molecule has 1 N–H and O–H groups in total. The molecule has 0 amide bonds. The van der Waals surface area contributed by atoms with Crippen molar-refractivity contribution in [2.45, 2.75) is 46.5 Å². The first-order valence-electron chi connectivity index (χ1n) is 6.87. The number of hydrogen-bond acceptors (Lipinski definition) is 1. The first-order valence-corrected chi connectivity index (χ1v) is 6.87. The maximum Gasteiger partial charge on any atom is 0.339 e. The largest absolute Gasteiger partial charge is 0.477 e. The van der Waals surface area contributed by atoms with Crippen molar-refractivity contribution < 1.29 is 9.90 Å². The summed E-state index contributed by atoms with van der Waals surface area (Å²) in [7, 11) is 0. The number of hydrogen-bond donors (Lipinski definition) is 1. The van der Waals surface area contributed by atoms with Gasteiger partial charge in [0.2, 0.25) is 0 Å². The minimum absolute atomic E-state index is 0.307. The van der Waals surface area contributed by atoms with Crippen LogP contribution in [0.25, 0.3) is 0 Å². The van der Waals surface area contributed by atoms with Gasteiger partial charge in [-0.05, 0) is 57.4 Å². The van der Waals surface area contributed by atoms with Gasteiger partial charge < -0.3 is 5.11 Å². The van der Waals surface area contributed by atoms with Crippen LogP contribution in [0.1, 0.15) is 46.5 Å². The average molecular weight is 246 g/mol. The molecule has 0 aromatic heterocycles. The van der Waals surface area contributed by atoms with Crippen molar-refractivity contribution in [2.24, 2.45) is 17.8 Å². The van der Waals surface area contributed by atoms with E-state index in [1.807, 2.05) is 6.08 Å². The molecule has 0 aromatic rings. The van der Waals surface area contributed by atoms with Crippen molar-refractivity contribution in [2.75, 3.05) is 0 Å². The lowest BCUT2D eigenvalue weighted by molar-refractivity contribution is -0.132. The summed E-state index contributed by atoms with van der Waals surface area (Å²) in [5, 5.41) is 8.86. The quantitative estimate of drug-likeness (QED) is 0.455. The van der Waals surface area contributed by atoms with Gasteiger partial charge >= 0.3 is 5.97 Å². The van der Waals surface area contributed by atoms with Crippen molar-refractivity contribution in [3.05, 3.63) is 28.5 Å². The Kier molecular flexibility index (Phi) is 3.77. The van der Waals surface area contributed by atoms with Gasteiger partial charge in [0.05, 0.1) is 5.57 Å². The number of carbonyl (C=O) groups is 1. The van der Waals surface area contributed by atoms with E-state index in [0.717, 1.165) is 18.3 Å². The average Bonchev–Trinajstić information content (AvgIpc) is 2.71. The minimum Gasteiger partial charge on any atom is -0.477 e. The highest BCUT2D eigenvalue weighted by Crippen LogP contribution is 2.47. The van der Waals surface area contributed by atoms with Crippen LogP contribution in [-0.2, 0) is 4.79 Å². The molecule has 1 saturated carbocycles. The normalized spacial score (nSPS) is 30.7. The molecule has 0 unspecified atom stereocenters. The van der Waals surface area contributed by atoms with E-state index in [4.69, 9.17) is 5.11 Å². The first kappa shape index (κ1) is 13.2. The molecule has 0 aromatic carbocycles. The van der Waals surface area contributed by atoms with Crippen molar-refractivity contribution >= 4 is 5.97 Å². The zero-order valence-corrected chi connectivity index (χ0v) is 11.5. The maximum atomic E-state index is 10.8. The lowest BCUT2D eigenvalue weighted by Crippen LogP contribution is -2.23. The van der Waals surface area contributed by atoms with Gasteiger partial charge in [-0.15, -0.1) is 5.73 Å². The van der Waals surface area contributed by atoms with Gasteiger partial charge in [0.1, 0.15) is 0 Å². The molecule has 0 aliphatic heterocycles. The van der Waals surface area contributed by atoms with Crippen LogP contribution in [0.5, 0.6) is 0 Å². The van der Waals surface area contributed by atoms with Crippen LogP contribution in [0.2, 0.25) is 0 Å². The van der Waals surface area contributed by atoms with Crippen LogP contribution in [0.15, 0.2) is 28.5 Å². The van der Waals surface area contributed by atoms with Crippen LogP contribution in [-0.4, -0.2) is 11.1 Å². The second kappa shape index (κ2) is 5.16. The third-order valence-electron chi connectivity index (χ3n) is 4.56. The predicted molar refractivity (Wildman–Crippen MR) is 72.2 cm³/mol. The Hall–Kier alpha value is -1.27. The summed E-state index contributed by atoms with van der Waals surface area (Å²) in [5.74, 6) is 1.06. The second-order valence-electron chi connectivity index (χ2n) is 5.78. The summed E-state index contributed by atoms with van der Waals surface area (Å²) in [6.07, 6.45) is 6.89. The topological polar surface area (TPSA) is 37.3 Å². The summed E-state index contributed by atoms with van der Waals surface area (Å²) in [4.78, 5) is 10.8. The van der Waals surface area contributed by atoms with E-state index in [9.17, 15) is 4.79 Å². The molecule has 0 radical (unpaired) electrons. The molecule has 2 aliphatic carbocycles. The van der Waals surface area contributed by atoms with Crippen molar-refractivity contribution in [3.63, 3.8) is 0 Å². The van der Waals surface area contributed by atoms with E-state index in [1.165, 1.54) is 24.8 Å². The van der Waals surface area contributed by atoms with Gasteiger partial charge in [-0.1, -0.05) is 18.1 Å². The van der Waals surface area contributed by atoms with Gasteiger partial charge in [0.15, 0.2) is 0 Å². The Morgan fingerprint density at radius 3 is 2.78 bits per heavy atom. The molecule has 2 rings (SSSR count). The molecule has 98 valence electrons. The molecule has 2 heteroatoms. The fourth-order valence-electron chi connectivity index (χ4n) is 3.43. The smallest absolute Gasteiger partial charge is 0.339 e. The molecule has 0 bridgehead atoms. The number of rotatable bonds is 2. The minimum atomic E-state index is -0.871. The Labute approximate surface area is 109 Å². The molecule has 18 heavy (non-hydrogen) atoms. The van der Waals surface area contributed by atoms with E-state index in [-0.39, 0.29) is 0 Å². The van der Waals surface area contributed by atoms with Gasteiger partial charge in [0, 0.05) is 5.92 Å². The Balaban J connectivity index is 2.27. The number of allylic oxidation sites excluding steroid dienone is 2. The molecular formula is C16H22O2. The summed E-state index contributed by atoms with van der Waals surface area (Å²) in [5.41, 5.74) is 6.38. The van der Waals surface area contributed by atoms with Gasteiger partial charge in [-0.3, -0.25) is 0 Å². The van der Waals surface area contributed by atoms with Gasteiger partial charge in [-0.25, -0.2) is 4.79 Å². The standard InChI is InChI=1S/C16H22O2/c1-10-4-7-13(8-5-12(3)16(17)18)15-11(2)6-9-14(10)15/h8,10,13-14H,4,6-7,9H2,1-3H3,(H,17,18)/t5?,10-,13+,14-/m1/s1. The zero-order chi connectivity index (χ0) is 13.3. The van der Waals surface area contributed by atoms with Crippen molar-refractivity contribution in [1.82, 2.24) is 0 Å². The lowest BCUT2D eigenvalue weighted by atomic mass is 9.72. The molecule has 0 spiro atoms. The monoisotopic (exact) mass is 246 g/mol. The highest BCUT2D eigenvalue weighted by molar-refractivity contribution is 5.85. The lowest BCUT2D eigenvalue weighted by Gasteiger charge is -2.33. The predicted octanol–water partition coefficient (Wildman–Crippen LogP) is 3.95. The van der Waals surface area contributed by atoms with Crippen molar-refractivity contribution in [3.8, 4) is 0 Å². The Morgan fingerprint density at radius 1 is 1.39 bits per heavy atom. The Morgan fingerprint density at radius 2 is 2.11 bits per heavy atom. The third-order valence-corrected chi connectivity index (χ3v) is 4.56. The van der Waals surface area contributed by atoms with Crippen LogP contribution in [0.3, 0.4) is 0 Å². The first-order chi connectivity index (χ1) is 8.50. The third kappa shape index (κ3) is 2.44. The molecule has 2 aliphatic rings. The summed E-state index contributed by atoms with van der Waals surface area (Å²) in [6, 6.07) is 0. The number of carboxylic acids is 1. The van der Waals surface area contributed by atoms with E-state index in [2.05, 4.69) is 19.6 Å². The van der Waals surface area contributed by atoms with E-state index >= 15 is 0 Å². The summed E-state index contributed by atoms with van der Waals surface area (Å²) >= 11 is 0. The fourth-order valence-corrected chi connectivity index (χ4v) is 3.43. The highest BCUT2D eigenvalue weighted by Gasteiger charge is 2.35. The SMILES string of the molecule is CC(=C=C[C@@H]1CC[C@@H](C)[C@H]2CCC(C)=C12)C(=O)O. The highest BCUT2D eigenvalue weighted by atomic mass is 16.4. The van der Waals surface area contributed by atoms with Crippen LogP contribution in [0, 0.1) is 17.8 Å². The summed E-state index contributed by atoms with van der Waals surface area (Å²) < 4.78 is 0. The second-order valence-corrected chi connectivity index (χ2v) is 5.78. The molecular weight excluding hydrogens is 224 g/mol. The number of aliphatic carboxylic acids is 1. The van der Waals surface area contributed by atoms with Crippen molar-refractivity contribution in [1.29, 1.82) is 0 Å². The Bertz CT molecular complexity index is 450. The van der Waals surface area contributed by atoms with E-state index < -0.39 is 5.97 Å². The molecule has 0 heterocycles. The number of carboxylic acid groups (broad SMARTS) is 1. The van der Waals surface area contributed by atoms with E-state index in [1.54, 1.807) is 12.5 Å². The van der Waals surface area contributed by atoms with Crippen LogP contribution >= 0.6 is 0 Å². The molecule has 0 saturated heterocycles. The van der Waals surface area contributed by atoms with E-state index in [0.29, 0.717) is 11.5 Å². The molecule has 2 nitrogen and oxygen atoms in total. The molecule has 3 atom stereocenters. The van der Waals surface area contributed by atoms with Gasteiger partial charge in [-0.2, -0.15) is 0 Å².